The smallest absolute Gasteiger partial charge is 0.339 e. The number of rotatable bonds is 2. The number of nitrogens with zero attached hydrogens (tertiary/aromatic N) is 1. The van der Waals surface area contributed by atoms with Crippen molar-refractivity contribution < 1.29 is 14.7 Å². The summed E-state index contributed by atoms with van der Waals surface area (Å²) in [6, 6.07) is 4.53. The van der Waals surface area contributed by atoms with Crippen LogP contribution in [0, 0.1) is 0 Å². The Morgan fingerprint density at radius 3 is 3.14 bits per heavy atom. The van der Waals surface area contributed by atoms with Crippen molar-refractivity contribution >= 4 is 17.8 Å². The van der Waals surface area contributed by atoms with Crippen LogP contribution >= 0.6 is 11.8 Å². The number of carbonyl (C=O) groups is 1. The second-order valence-corrected chi connectivity index (χ2v) is 6.60. The lowest BCUT2D eigenvalue weighted by atomic mass is 10.1. The molecular weight excluding hydrogens is 300 g/mol. The van der Waals surface area contributed by atoms with Crippen LogP contribution in [-0.4, -0.2) is 21.6 Å². The molecule has 3 N–H and O–H groups in total. The molecule has 116 valence electrons. The summed E-state index contributed by atoms with van der Waals surface area (Å²) in [4.78, 5) is 12.3. The van der Waals surface area contributed by atoms with E-state index in [0.717, 1.165) is 23.3 Å². The lowest BCUT2D eigenvalue weighted by Gasteiger charge is -2.21. The number of fused-ring (bicyclic) bond motifs is 2. The number of amides is 2. The van der Waals surface area contributed by atoms with Crippen molar-refractivity contribution in [3.8, 4) is 0 Å². The van der Waals surface area contributed by atoms with Gasteiger partial charge in [-0.15, -0.1) is 11.8 Å². The quantitative estimate of drug-likeness (QED) is 0.647. The molecule has 2 aliphatic rings. The van der Waals surface area contributed by atoms with Crippen LogP contribution < -0.4 is 5.73 Å². The first-order valence-electron chi connectivity index (χ1n) is 7.13. The maximum absolute atomic E-state index is 11.1. The Hall–Kier alpha value is -1.92. The van der Waals surface area contributed by atoms with Crippen LogP contribution in [0.15, 0.2) is 47.1 Å². The molecule has 1 aromatic rings. The number of hydrogen-bond donors (Lipinski definition) is 2. The third-order valence-electron chi connectivity index (χ3n) is 3.89. The molecule has 6 heteroatoms. The van der Waals surface area contributed by atoms with Crippen LogP contribution in [0.1, 0.15) is 30.5 Å². The topological polar surface area (TPSA) is 75.8 Å². The highest BCUT2D eigenvalue weighted by Crippen LogP contribution is 2.39. The lowest BCUT2D eigenvalue weighted by molar-refractivity contribution is -0.0710. The number of thioether (sulfide) groups is 1. The van der Waals surface area contributed by atoms with E-state index in [9.17, 15) is 10.0 Å². The molecule has 2 amide bonds. The summed E-state index contributed by atoms with van der Waals surface area (Å²) in [6.45, 7) is 2.21. The van der Waals surface area contributed by atoms with Gasteiger partial charge in [0, 0.05) is 10.5 Å². The number of hydroxylamine groups is 2. The number of benzene rings is 1. The number of hydrogen-bond acceptors (Lipinski definition) is 4. The van der Waals surface area contributed by atoms with Crippen LogP contribution in [0.3, 0.4) is 0 Å². The third kappa shape index (κ3) is 2.84. The third-order valence-corrected chi connectivity index (χ3v) is 5.25. The molecule has 0 spiro atoms. The van der Waals surface area contributed by atoms with Gasteiger partial charge in [0.15, 0.2) is 0 Å². The second-order valence-electron chi connectivity index (χ2n) is 5.35. The Bertz CT molecular complexity index is 657. The van der Waals surface area contributed by atoms with Crippen LogP contribution in [0.4, 0.5) is 4.79 Å². The number of primary amides is 1. The molecule has 2 atom stereocenters. The summed E-state index contributed by atoms with van der Waals surface area (Å²) in [7, 11) is 0. The van der Waals surface area contributed by atoms with Gasteiger partial charge in [-0.1, -0.05) is 18.2 Å². The number of allylic oxidation sites excluding steroid dienone is 3. The minimum atomic E-state index is -0.865. The highest BCUT2D eigenvalue weighted by Gasteiger charge is 2.25. The summed E-state index contributed by atoms with van der Waals surface area (Å²) >= 11 is 1.78. The minimum Gasteiger partial charge on any atom is -0.492 e. The van der Waals surface area contributed by atoms with E-state index < -0.39 is 12.1 Å². The van der Waals surface area contributed by atoms with E-state index in [-0.39, 0.29) is 0 Å². The van der Waals surface area contributed by atoms with E-state index in [4.69, 9.17) is 10.5 Å². The summed E-state index contributed by atoms with van der Waals surface area (Å²) in [5, 5.41) is 10.5. The zero-order valence-corrected chi connectivity index (χ0v) is 13.0. The van der Waals surface area contributed by atoms with Crippen molar-refractivity contribution in [2.45, 2.75) is 36.1 Å². The second kappa shape index (κ2) is 6.06. The van der Waals surface area contributed by atoms with E-state index in [1.54, 1.807) is 18.7 Å². The fourth-order valence-corrected chi connectivity index (χ4v) is 3.76. The average molecular weight is 318 g/mol. The Morgan fingerprint density at radius 1 is 1.55 bits per heavy atom. The molecule has 5 nitrogen and oxygen atoms in total. The van der Waals surface area contributed by atoms with Gasteiger partial charge in [-0.25, -0.2) is 4.79 Å². The Labute approximate surface area is 133 Å². The zero-order chi connectivity index (χ0) is 15.7. The number of ether oxygens (including phenoxy) is 1. The molecule has 0 saturated carbocycles. The van der Waals surface area contributed by atoms with Gasteiger partial charge in [-0.3, -0.25) is 5.21 Å². The molecule has 3 rings (SSSR count). The fourth-order valence-electron chi connectivity index (χ4n) is 2.57. The number of carbonyl (C=O) groups excluding carboxylic acids is 1. The van der Waals surface area contributed by atoms with Gasteiger partial charge in [-0.05, 0) is 37.1 Å². The van der Waals surface area contributed by atoms with Crippen molar-refractivity contribution in [1.82, 2.24) is 5.06 Å². The molecular formula is C16H18N2O3S. The summed E-state index contributed by atoms with van der Waals surface area (Å²) in [5.41, 5.74) is 6.99. The van der Waals surface area contributed by atoms with Crippen LogP contribution in [-0.2, 0) is 11.3 Å². The van der Waals surface area contributed by atoms with Crippen LogP contribution in [0.2, 0.25) is 0 Å². The molecule has 1 aliphatic carbocycles. The standard InChI is InChI=1S/C16H18N2O3S/c1-10(18(20)16(17)19)11-6-7-14-12(8-11)9-21-13-4-2-3-5-15(13)22-14/h2-4,6-8,10,15,20H,5,9H2,1H3,(H2,17,19). The van der Waals surface area contributed by atoms with Gasteiger partial charge in [0.05, 0.1) is 11.3 Å². The number of nitrogens with two attached hydrogens (primary N) is 1. The molecule has 1 heterocycles. The van der Waals surface area contributed by atoms with E-state index in [1.165, 1.54) is 4.90 Å². The summed E-state index contributed by atoms with van der Waals surface area (Å²) < 4.78 is 5.90. The maximum Gasteiger partial charge on any atom is 0.339 e. The predicted molar refractivity (Wildman–Crippen MR) is 84.3 cm³/mol. The SMILES string of the molecule is CC(c1ccc2c(c1)COC1=CC=CCC1S2)N(O)C(N)=O. The van der Waals surface area contributed by atoms with Gasteiger partial charge in [-0.2, -0.15) is 5.06 Å². The molecule has 2 unspecified atom stereocenters. The van der Waals surface area contributed by atoms with E-state index in [0.29, 0.717) is 16.9 Å². The normalized spacial score (nSPS) is 20.8. The first kappa shape index (κ1) is 15.0. The van der Waals surface area contributed by atoms with Crippen LogP contribution in [0.25, 0.3) is 0 Å². The van der Waals surface area contributed by atoms with Crippen molar-refractivity contribution in [1.29, 1.82) is 0 Å². The summed E-state index contributed by atoms with van der Waals surface area (Å²) in [5.74, 6) is 0.999. The molecule has 0 bridgehead atoms. The Kier molecular flexibility index (Phi) is 4.13. The number of urea groups is 1. The molecule has 0 aromatic heterocycles. The largest absolute Gasteiger partial charge is 0.492 e. The van der Waals surface area contributed by atoms with Crippen molar-refractivity contribution in [3.05, 3.63) is 53.3 Å². The molecule has 22 heavy (non-hydrogen) atoms. The van der Waals surface area contributed by atoms with Crippen molar-refractivity contribution in [2.75, 3.05) is 0 Å². The average Bonchev–Trinajstić information content (AvgIpc) is 2.71. The van der Waals surface area contributed by atoms with Crippen LogP contribution in [0.5, 0.6) is 0 Å². The summed E-state index contributed by atoms with van der Waals surface area (Å²) in [6.07, 6.45) is 7.13. The fraction of sp³-hybridized carbons (Fsp3) is 0.312. The lowest BCUT2D eigenvalue weighted by Crippen LogP contribution is -2.34. The van der Waals surface area contributed by atoms with Gasteiger partial charge in [0.1, 0.15) is 12.4 Å². The molecule has 0 fully saturated rings. The van der Waals surface area contributed by atoms with Crippen molar-refractivity contribution in [2.24, 2.45) is 5.73 Å². The van der Waals surface area contributed by atoms with Gasteiger partial charge in [0.2, 0.25) is 0 Å². The molecule has 1 aliphatic heterocycles. The van der Waals surface area contributed by atoms with E-state index in [1.807, 2.05) is 30.4 Å². The minimum absolute atomic E-state index is 0.314. The first-order valence-corrected chi connectivity index (χ1v) is 8.01. The monoisotopic (exact) mass is 318 g/mol. The maximum atomic E-state index is 11.1. The molecule has 1 aromatic carbocycles. The Morgan fingerprint density at radius 2 is 2.36 bits per heavy atom. The van der Waals surface area contributed by atoms with Crippen molar-refractivity contribution in [3.63, 3.8) is 0 Å². The first-order chi connectivity index (χ1) is 10.6. The predicted octanol–water partition coefficient (Wildman–Crippen LogP) is 3.35. The van der Waals surface area contributed by atoms with Gasteiger partial charge in [0.25, 0.3) is 0 Å². The van der Waals surface area contributed by atoms with Gasteiger partial charge < -0.3 is 10.5 Å². The molecule has 0 saturated heterocycles. The Balaban J connectivity index is 1.86. The highest BCUT2D eigenvalue weighted by atomic mass is 32.2. The zero-order valence-electron chi connectivity index (χ0n) is 12.2. The molecule has 0 radical (unpaired) electrons. The van der Waals surface area contributed by atoms with Gasteiger partial charge >= 0.3 is 6.03 Å². The van der Waals surface area contributed by atoms with E-state index in [2.05, 4.69) is 6.08 Å². The highest BCUT2D eigenvalue weighted by molar-refractivity contribution is 8.00. The van der Waals surface area contributed by atoms with E-state index >= 15 is 0 Å².